The van der Waals surface area contributed by atoms with Crippen LogP contribution in [0.1, 0.15) is 23.0 Å². The predicted molar refractivity (Wildman–Crippen MR) is 123 cm³/mol. The largest absolute Gasteiger partial charge is 0.324 e. The van der Waals surface area contributed by atoms with Gasteiger partial charge < -0.3 is 10.3 Å². The third-order valence-corrected chi connectivity index (χ3v) is 5.18. The first kappa shape index (κ1) is 20.5. The quantitative estimate of drug-likeness (QED) is 0.501. The number of benzene rings is 3. The highest BCUT2D eigenvalue weighted by atomic mass is 16.2. The van der Waals surface area contributed by atoms with Gasteiger partial charge in [-0.25, -0.2) is 4.98 Å². The Morgan fingerprint density at radius 3 is 2.42 bits per heavy atom. The van der Waals surface area contributed by atoms with Crippen LogP contribution in [0.3, 0.4) is 0 Å². The van der Waals surface area contributed by atoms with Crippen molar-refractivity contribution in [3.63, 3.8) is 0 Å². The monoisotopic (exact) mass is 412 g/mol. The molecule has 6 nitrogen and oxygen atoms in total. The number of anilines is 1. The van der Waals surface area contributed by atoms with E-state index in [4.69, 9.17) is 0 Å². The van der Waals surface area contributed by atoms with Gasteiger partial charge in [0.25, 0.3) is 5.56 Å². The number of likely N-dealkylation sites (N-methyl/N-ethyl adjacent to an activating group) is 1. The molecule has 1 unspecified atom stereocenters. The van der Waals surface area contributed by atoms with Crippen molar-refractivity contribution in [3.05, 3.63) is 106 Å². The summed E-state index contributed by atoms with van der Waals surface area (Å²) in [6, 6.07) is 23.9. The standard InChI is InChI=1S/C25H24N4O2/c1-17-12-14-19(15-13-17)26-25(31)23(18-8-4-3-5-9-18)29(2)16-22-27-21-11-7-6-10-20(21)24(30)28-22/h3-15,23H,16H2,1-2H3,(H,26,31)(H,27,28,30). The lowest BCUT2D eigenvalue weighted by Gasteiger charge is -2.27. The van der Waals surface area contributed by atoms with Gasteiger partial charge in [-0.05, 0) is 43.8 Å². The van der Waals surface area contributed by atoms with Crippen molar-refractivity contribution >= 4 is 22.5 Å². The van der Waals surface area contributed by atoms with E-state index in [9.17, 15) is 9.59 Å². The van der Waals surface area contributed by atoms with E-state index in [1.807, 2.05) is 91.7 Å². The van der Waals surface area contributed by atoms with Gasteiger partial charge in [0.05, 0.1) is 17.4 Å². The van der Waals surface area contributed by atoms with E-state index in [1.54, 1.807) is 6.07 Å². The molecule has 156 valence electrons. The van der Waals surface area contributed by atoms with Gasteiger partial charge in [-0.3, -0.25) is 14.5 Å². The van der Waals surface area contributed by atoms with Crippen molar-refractivity contribution in [3.8, 4) is 0 Å². The second-order valence-corrected chi connectivity index (χ2v) is 7.61. The van der Waals surface area contributed by atoms with Gasteiger partial charge >= 0.3 is 0 Å². The van der Waals surface area contributed by atoms with Crippen molar-refractivity contribution < 1.29 is 4.79 Å². The molecule has 1 aromatic heterocycles. The Bertz CT molecular complexity index is 1250. The number of H-pyrrole nitrogens is 1. The summed E-state index contributed by atoms with van der Waals surface area (Å²) in [5.74, 6) is 0.357. The first-order valence-corrected chi connectivity index (χ1v) is 10.1. The summed E-state index contributed by atoms with van der Waals surface area (Å²) in [6.07, 6.45) is 0. The molecule has 1 atom stereocenters. The molecule has 0 aliphatic heterocycles. The summed E-state index contributed by atoms with van der Waals surface area (Å²) in [7, 11) is 1.85. The Kier molecular flexibility index (Phi) is 5.91. The van der Waals surface area contributed by atoms with Gasteiger partial charge in [-0.1, -0.05) is 60.2 Å². The van der Waals surface area contributed by atoms with E-state index in [-0.39, 0.29) is 11.5 Å². The number of carbonyl (C=O) groups excluding carboxylic acids is 1. The summed E-state index contributed by atoms with van der Waals surface area (Å²) in [5, 5.41) is 3.55. The fourth-order valence-electron chi connectivity index (χ4n) is 3.63. The molecule has 1 amide bonds. The van der Waals surface area contributed by atoms with Gasteiger partial charge in [-0.15, -0.1) is 0 Å². The molecule has 4 rings (SSSR count). The molecular formula is C25H24N4O2. The van der Waals surface area contributed by atoms with Crippen molar-refractivity contribution in [2.24, 2.45) is 0 Å². The van der Waals surface area contributed by atoms with E-state index >= 15 is 0 Å². The molecule has 3 aromatic carbocycles. The average Bonchev–Trinajstić information content (AvgIpc) is 2.76. The SMILES string of the molecule is Cc1ccc(NC(=O)C(c2ccccc2)N(C)Cc2nc3ccccc3c(=O)[nH]2)cc1. The van der Waals surface area contributed by atoms with Gasteiger partial charge in [-0.2, -0.15) is 0 Å². The fourth-order valence-corrected chi connectivity index (χ4v) is 3.63. The second-order valence-electron chi connectivity index (χ2n) is 7.61. The first-order valence-electron chi connectivity index (χ1n) is 10.1. The van der Waals surface area contributed by atoms with E-state index in [1.165, 1.54) is 0 Å². The number of hydrogen-bond donors (Lipinski definition) is 2. The average molecular weight is 412 g/mol. The van der Waals surface area contributed by atoms with Crippen molar-refractivity contribution in [1.29, 1.82) is 0 Å². The summed E-state index contributed by atoms with van der Waals surface area (Å²) in [4.78, 5) is 35.0. The Labute approximate surface area is 180 Å². The molecule has 0 radical (unpaired) electrons. The van der Waals surface area contributed by atoms with Crippen molar-refractivity contribution in [1.82, 2.24) is 14.9 Å². The third-order valence-electron chi connectivity index (χ3n) is 5.18. The normalized spacial score (nSPS) is 12.1. The van der Waals surface area contributed by atoms with Crippen LogP contribution in [0.5, 0.6) is 0 Å². The number of amides is 1. The summed E-state index contributed by atoms with van der Waals surface area (Å²) in [6.45, 7) is 2.31. The summed E-state index contributed by atoms with van der Waals surface area (Å²) in [5.41, 5.74) is 3.17. The number of fused-ring (bicyclic) bond motifs is 1. The highest BCUT2D eigenvalue weighted by Gasteiger charge is 2.26. The maximum absolute atomic E-state index is 13.3. The third kappa shape index (κ3) is 4.70. The van der Waals surface area contributed by atoms with Crippen LogP contribution in [0.15, 0.2) is 83.7 Å². The van der Waals surface area contributed by atoms with E-state index < -0.39 is 6.04 Å². The minimum atomic E-state index is -0.556. The minimum Gasteiger partial charge on any atom is -0.324 e. The van der Waals surface area contributed by atoms with Crippen molar-refractivity contribution in [2.75, 3.05) is 12.4 Å². The van der Waals surface area contributed by atoms with E-state index in [2.05, 4.69) is 15.3 Å². The number of rotatable bonds is 6. The lowest BCUT2D eigenvalue weighted by atomic mass is 10.0. The van der Waals surface area contributed by atoms with Crippen LogP contribution in [-0.4, -0.2) is 27.8 Å². The number of aromatic nitrogens is 2. The van der Waals surface area contributed by atoms with E-state index in [0.717, 1.165) is 16.8 Å². The molecule has 0 saturated heterocycles. The van der Waals surface area contributed by atoms with Crippen LogP contribution >= 0.6 is 0 Å². The zero-order valence-electron chi connectivity index (χ0n) is 17.5. The van der Waals surface area contributed by atoms with Crippen molar-refractivity contribution in [2.45, 2.75) is 19.5 Å². The molecule has 0 spiro atoms. The first-order chi connectivity index (χ1) is 15.0. The molecule has 6 heteroatoms. The molecule has 0 saturated carbocycles. The Hall–Kier alpha value is -3.77. The van der Waals surface area contributed by atoms with Gasteiger partial charge in [0.15, 0.2) is 0 Å². The number of aromatic amines is 1. The lowest BCUT2D eigenvalue weighted by Crippen LogP contribution is -2.35. The Morgan fingerprint density at radius 1 is 1.00 bits per heavy atom. The predicted octanol–water partition coefficient (Wildman–Crippen LogP) is 4.04. The molecule has 4 aromatic rings. The highest BCUT2D eigenvalue weighted by molar-refractivity contribution is 5.95. The molecule has 31 heavy (non-hydrogen) atoms. The number of hydrogen-bond acceptors (Lipinski definition) is 4. The van der Waals surface area contributed by atoms with Gasteiger partial charge in [0, 0.05) is 5.69 Å². The smallest absolute Gasteiger partial charge is 0.258 e. The van der Waals surface area contributed by atoms with Crippen LogP contribution in [0.2, 0.25) is 0 Å². The molecule has 2 N–H and O–H groups in total. The van der Waals surface area contributed by atoms with Crippen LogP contribution in [0.4, 0.5) is 5.69 Å². The van der Waals surface area contributed by atoms with E-state index in [0.29, 0.717) is 23.3 Å². The summed E-state index contributed by atoms with van der Waals surface area (Å²) < 4.78 is 0. The van der Waals surface area contributed by atoms with Crippen LogP contribution in [0, 0.1) is 6.92 Å². The molecule has 0 fully saturated rings. The van der Waals surface area contributed by atoms with Crippen LogP contribution in [-0.2, 0) is 11.3 Å². The fraction of sp³-hybridized carbons (Fsp3) is 0.160. The topological polar surface area (TPSA) is 78.1 Å². The summed E-state index contributed by atoms with van der Waals surface area (Å²) >= 11 is 0. The Balaban J connectivity index is 1.63. The number of nitrogens with one attached hydrogen (secondary N) is 2. The van der Waals surface area contributed by atoms with Gasteiger partial charge in [0.1, 0.15) is 11.9 Å². The number of carbonyl (C=O) groups is 1. The molecule has 0 aliphatic rings. The van der Waals surface area contributed by atoms with Crippen LogP contribution in [0.25, 0.3) is 10.9 Å². The molecule has 1 heterocycles. The molecule has 0 aliphatic carbocycles. The minimum absolute atomic E-state index is 0.152. The molecular weight excluding hydrogens is 388 g/mol. The number of aryl methyl sites for hydroxylation is 1. The highest BCUT2D eigenvalue weighted by Crippen LogP contribution is 2.23. The zero-order chi connectivity index (χ0) is 21.8. The second kappa shape index (κ2) is 8.93. The Morgan fingerprint density at radius 2 is 1.68 bits per heavy atom. The lowest BCUT2D eigenvalue weighted by molar-refractivity contribution is -0.121. The van der Waals surface area contributed by atoms with Crippen LogP contribution < -0.4 is 10.9 Å². The maximum atomic E-state index is 13.3. The maximum Gasteiger partial charge on any atom is 0.258 e. The zero-order valence-corrected chi connectivity index (χ0v) is 17.5. The molecule has 0 bridgehead atoms. The number of para-hydroxylation sites is 1. The number of nitrogens with zero attached hydrogens (tertiary/aromatic N) is 2. The van der Waals surface area contributed by atoms with Gasteiger partial charge in [0.2, 0.25) is 5.91 Å².